The van der Waals surface area contributed by atoms with Gasteiger partial charge in [-0.1, -0.05) is 6.92 Å². The molecule has 4 unspecified atom stereocenters. The molecule has 12 heavy (non-hydrogen) atoms. The van der Waals surface area contributed by atoms with Crippen LogP contribution in [0.25, 0.3) is 0 Å². The molecule has 1 saturated carbocycles. The summed E-state index contributed by atoms with van der Waals surface area (Å²) in [5.41, 5.74) is 0. The Morgan fingerprint density at radius 2 is 1.92 bits per heavy atom. The van der Waals surface area contributed by atoms with Crippen LogP contribution in [-0.2, 0) is 14.3 Å². The van der Waals surface area contributed by atoms with Crippen molar-refractivity contribution in [3.63, 3.8) is 0 Å². The third kappa shape index (κ3) is 1.09. The van der Waals surface area contributed by atoms with E-state index in [1.54, 1.807) is 6.92 Å². The summed E-state index contributed by atoms with van der Waals surface area (Å²) < 4.78 is 27.8. The van der Waals surface area contributed by atoms with E-state index < -0.39 is 10.1 Å². The fourth-order valence-corrected chi connectivity index (χ4v) is 3.75. The summed E-state index contributed by atoms with van der Waals surface area (Å²) in [6.45, 7) is 3.83. The Bertz CT molecular complexity index is 281. The van der Waals surface area contributed by atoms with E-state index in [0.29, 0.717) is 11.8 Å². The Hall–Kier alpha value is -0.0900. The molecule has 1 heterocycles. The van der Waals surface area contributed by atoms with Crippen LogP contribution in [0.4, 0.5) is 0 Å². The summed E-state index contributed by atoms with van der Waals surface area (Å²) in [6.07, 6.45) is 1.91. The summed E-state index contributed by atoms with van der Waals surface area (Å²) in [7, 11) is -3.23. The molecule has 2 rings (SSSR count). The van der Waals surface area contributed by atoms with Crippen molar-refractivity contribution in [2.45, 2.75) is 38.0 Å². The van der Waals surface area contributed by atoms with E-state index in [1.807, 2.05) is 0 Å². The van der Waals surface area contributed by atoms with Crippen LogP contribution in [0, 0.1) is 11.8 Å². The minimum atomic E-state index is -3.23. The highest BCUT2D eigenvalue weighted by atomic mass is 32.2. The standard InChI is InChI=1S/C8H14O3S/c1-5-3-7-4-8(5)11-12(9,10)6(7)2/h5-8H,3-4H2,1-2H3. The van der Waals surface area contributed by atoms with E-state index in [1.165, 1.54) is 0 Å². The molecule has 4 atom stereocenters. The molecule has 0 aromatic heterocycles. The van der Waals surface area contributed by atoms with Crippen molar-refractivity contribution >= 4 is 10.1 Å². The zero-order chi connectivity index (χ0) is 8.93. The van der Waals surface area contributed by atoms with Crippen LogP contribution in [0.15, 0.2) is 0 Å². The predicted octanol–water partition coefficient (Wildman–Crippen LogP) is 1.15. The van der Waals surface area contributed by atoms with Gasteiger partial charge in [-0.2, -0.15) is 8.42 Å². The van der Waals surface area contributed by atoms with Gasteiger partial charge in [-0.15, -0.1) is 0 Å². The first-order valence-corrected chi connectivity index (χ1v) is 5.90. The lowest BCUT2D eigenvalue weighted by molar-refractivity contribution is 0.158. The van der Waals surface area contributed by atoms with Crippen molar-refractivity contribution in [3.05, 3.63) is 0 Å². The zero-order valence-corrected chi connectivity index (χ0v) is 8.17. The van der Waals surface area contributed by atoms with E-state index in [4.69, 9.17) is 4.18 Å². The van der Waals surface area contributed by atoms with E-state index >= 15 is 0 Å². The Morgan fingerprint density at radius 3 is 2.58 bits per heavy atom. The fourth-order valence-electron chi connectivity index (χ4n) is 2.27. The van der Waals surface area contributed by atoms with Gasteiger partial charge in [0.2, 0.25) is 0 Å². The van der Waals surface area contributed by atoms with Gasteiger partial charge in [0.05, 0.1) is 11.4 Å². The Morgan fingerprint density at radius 1 is 1.25 bits per heavy atom. The first kappa shape index (κ1) is 8.51. The van der Waals surface area contributed by atoms with E-state index in [-0.39, 0.29) is 11.4 Å². The highest BCUT2D eigenvalue weighted by molar-refractivity contribution is 7.87. The van der Waals surface area contributed by atoms with Crippen LogP contribution in [0.1, 0.15) is 26.7 Å². The summed E-state index contributed by atoms with van der Waals surface area (Å²) >= 11 is 0. The van der Waals surface area contributed by atoms with Gasteiger partial charge in [-0.3, -0.25) is 4.18 Å². The van der Waals surface area contributed by atoms with Crippen molar-refractivity contribution in [2.75, 3.05) is 0 Å². The summed E-state index contributed by atoms with van der Waals surface area (Å²) in [5.74, 6) is 0.749. The van der Waals surface area contributed by atoms with E-state index in [0.717, 1.165) is 12.8 Å². The molecule has 2 bridgehead atoms. The van der Waals surface area contributed by atoms with Gasteiger partial charge in [-0.25, -0.2) is 0 Å². The Balaban J connectivity index is 2.32. The number of hydrogen-bond acceptors (Lipinski definition) is 3. The van der Waals surface area contributed by atoms with Gasteiger partial charge in [0.1, 0.15) is 0 Å². The average molecular weight is 190 g/mol. The third-order valence-electron chi connectivity index (χ3n) is 3.22. The highest BCUT2D eigenvalue weighted by Crippen LogP contribution is 2.42. The largest absolute Gasteiger partial charge is 0.270 e. The van der Waals surface area contributed by atoms with Gasteiger partial charge in [0.25, 0.3) is 10.1 Å². The molecule has 3 nitrogen and oxygen atoms in total. The quantitative estimate of drug-likeness (QED) is 0.538. The first-order chi connectivity index (χ1) is 5.50. The Labute approximate surface area is 73.2 Å². The molecule has 0 amide bonds. The number of fused-ring (bicyclic) bond motifs is 2. The normalized spacial score (nSPS) is 50.8. The maximum Gasteiger partial charge on any atom is 0.270 e. The van der Waals surface area contributed by atoms with Gasteiger partial charge in [-0.05, 0) is 31.6 Å². The van der Waals surface area contributed by atoms with Crippen molar-refractivity contribution in [1.29, 1.82) is 0 Å². The monoisotopic (exact) mass is 190 g/mol. The minimum absolute atomic E-state index is 0.0313. The van der Waals surface area contributed by atoms with Gasteiger partial charge < -0.3 is 0 Å². The van der Waals surface area contributed by atoms with Crippen molar-refractivity contribution in [3.8, 4) is 0 Å². The molecule has 0 radical (unpaired) electrons. The van der Waals surface area contributed by atoms with Gasteiger partial charge >= 0.3 is 0 Å². The van der Waals surface area contributed by atoms with E-state index in [2.05, 4.69) is 6.92 Å². The molecule has 0 spiro atoms. The molecule has 70 valence electrons. The number of rotatable bonds is 0. The van der Waals surface area contributed by atoms with Crippen LogP contribution in [0.5, 0.6) is 0 Å². The van der Waals surface area contributed by atoms with Crippen LogP contribution in [-0.4, -0.2) is 19.8 Å². The lowest BCUT2D eigenvalue weighted by Gasteiger charge is -2.25. The Kier molecular flexibility index (Phi) is 1.74. The molecule has 1 aliphatic heterocycles. The molecule has 0 aromatic carbocycles. The minimum Gasteiger partial charge on any atom is -0.266 e. The van der Waals surface area contributed by atoms with Gasteiger partial charge in [0, 0.05) is 0 Å². The van der Waals surface area contributed by atoms with Gasteiger partial charge in [0.15, 0.2) is 0 Å². The average Bonchev–Trinajstić information content (AvgIpc) is 2.26. The lowest BCUT2D eigenvalue weighted by atomic mass is 10.0. The molecule has 2 aliphatic rings. The third-order valence-corrected chi connectivity index (χ3v) is 5.03. The molecule has 2 fully saturated rings. The van der Waals surface area contributed by atoms with Crippen LogP contribution < -0.4 is 0 Å². The van der Waals surface area contributed by atoms with Crippen LogP contribution in [0.2, 0.25) is 0 Å². The second-order valence-electron chi connectivity index (χ2n) is 4.04. The van der Waals surface area contributed by atoms with Crippen molar-refractivity contribution in [2.24, 2.45) is 11.8 Å². The van der Waals surface area contributed by atoms with E-state index in [9.17, 15) is 8.42 Å². The maximum atomic E-state index is 11.4. The smallest absolute Gasteiger partial charge is 0.266 e. The molecule has 0 N–H and O–H groups in total. The topological polar surface area (TPSA) is 43.4 Å². The van der Waals surface area contributed by atoms with Crippen molar-refractivity contribution in [1.82, 2.24) is 0 Å². The fraction of sp³-hybridized carbons (Fsp3) is 1.00. The molecule has 1 saturated heterocycles. The lowest BCUT2D eigenvalue weighted by Crippen LogP contribution is -2.35. The van der Waals surface area contributed by atoms with Crippen LogP contribution >= 0.6 is 0 Å². The first-order valence-electron chi connectivity index (χ1n) is 4.43. The molecule has 4 heteroatoms. The summed E-state index contributed by atoms with van der Waals surface area (Å²) in [5, 5.41) is -0.293. The molecule has 0 aromatic rings. The number of hydrogen-bond donors (Lipinski definition) is 0. The second-order valence-corrected chi connectivity index (χ2v) is 5.96. The zero-order valence-electron chi connectivity index (χ0n) is 7.36. The second kappa shape index (κ2) is 2.45. The summed E-state index contributed by atoms with van der Waals surface area (Å²) in [6, 6.07) is 0. The molecular weight excluding hydrogens is 176 g/mol. The molecular formula is C8H14O3S. The highest BCUT2D eigenvalue weighted by Gasteiger charge is 2.47. The summed E-state index contributed by atoms with van der Waals surface area (Å²) in [4.78, 5) is 0. The van der Waals surface area contributed by atoms with Crippen LogP contribution in [0.3, 0.4) is 0 Å². The maximum absolute atomic E-state index is 11.4. The SMILES string of the molecule is CC1CC2CC1OS(=O)(=O)C2C. The predicted molar refractivity (Wildman–Crippen MR) is 45.1 cm³/mol. The van der Waals surface area contributed by atoms with Crippen molar-refractivity contribution < 1.29 is 12.6 Å². The molecule has 1 aliphatic carbocycles.